The van der Waals surface area contributed by atoms with Crippen LogP contribution in [-0.2, 0) is 9.31 Å². The van der Waals surface area contributed by atoms with E-state index in [0.29, 0.717) is 0 Å². The Morgan fingerprint density at radius 1 is 1.23 bits per heavy atom. The third-order valence-electron chi connectivity index (χ3n) is 4.63. The molecule has 1 unspecified atom stereocenters. The Morgan fingerprint density at radius 2 is 1.77 bits per heavy atom. The molecular weight excluding hydrogens is 281 g/mol. The van der Waals surface area contributed by atoms with Crippen LogP contribution < -0.4 is 10.8 Å². The Balaban J connectivity index is 2.22. The zero-order valence-electron chi connectivity index (χ0n) is 14.1. The van der Waals surface area contributed by atoms with Crippen molar-refractivity contribution in [2.45, 2.75) is 58.8 Å². The quantitative estimate of drug-likeness (QED) is 0.842. The number of nitrogens with one attached hydrogen (secondary N) is 1. The number of carboxylic acid groups (broad SMARTS) is 1. The number of hydrogen-bond donors (Lipinski definition) is 2. The van der Waals surface area contributed by atoms with Gasteiger partial charge >= 0.3 is 13.2 Å². The van der Waals surface area contributed by atoms with Gasteiger partial charge in [0.05, 0.1) is 17.2 Å². The van der Waals surface area contributed by atoms with Crippen LogP contribution >= 0.6 is 0 Å². The largest absolute Gasteiger partial charge is 0.494 e. The first-order valence-corrected chi connectivity index (χ1v) is 7.49. The summed E-state index contributed by atoms with van der Waals surface area (Å²) >= 11 is 0. The van der Waals surface area contributed by atoms with Crippen LogP contribution in [0.4, 0.5) is 4.79 Å². The lowest BCUT2D eigenvalue weighted by Crippen LogP contribution is -2.41. The lowest BCUT2D eigenvalue weighted by Gasteiger charge is -2.32. The van der Waals surface area contributed by atoms with Crippen molar-refractivity contribution in [3.05, 3.63) is 29.3 Å². The fourth-order valence-electron chi connectivity index (χ4n) is 2.57. The van der Waals surface area contributed by atoms with Crippen molar-refractivity contribution >= 4 is 18.7 Å². The van der Waals surface area contributed by atoms with Gasteiger partial charge in [-0.15, -0.1) is 0 Å². The standard InChI is InChI=1S/C16H24BNO4/c1-10-9-12(7-8-13(10)11(2)18-14(19)20)17-21-15(3,4)16(5,6)22-17/h7-9,11,18H,1-6H3,(H,19,20). The van der Waals surface area contributed by atoms with E-state index in [-0.39, 0.29) is 17.2 Å². The van der Waals surface area contributed by atoms with Crippen molar-refractivity contribution in [2.75, 3.05) is 0 Å². The highest BCUT2D eigenvalue weighted by Crippen LogP contribution is 2.36. The van der Waals surface area contributed by atoms with Crippen molar-refractivity contribution in [1.82, 2.24) is 5.32 Å². The van der Waals surface area contributed by atoms with Gasteiger partial charge in [-0.25, -0.2) is 4.79 Å². The van der Waals surface area contributed by atoms with Crippen molar-refractivity contribution < 1.29 is 19.2 Å². The van der Waals surface area contributed by atoms with E-state index in [1.165, 1.54) is 0 Å². The van der Waals surface area contributed by atoms with Crippen LogP contribution in [0.1, 0.15) is 51.8 Å². The van der Waals surface area contributed by atoms with Crippen molar-refractivity contribution in [2.24, 2.45) is 0 Å². The highest BCUT2D eigenvalue weighted by molar-refractivity contribution is 6.62. The van der Waals surface area contributed by atoms with Crippen LogP contribution in [0.15, 0.2) is 18.2 Å². The number of benzene rings is 1. The molecule has 0 radical (unpaired) electrons. The monoisotopic (exact) mass is 305 g/mol. The minimum atomic E-state index is -1.03. The molecular formula is C16H24BNO4. The summed E-state index contributed by atoms with van der Waals surface area (Å²) in [5.41, 5.74) is 2.16. The fraction of sp³-hybridized carbons (Fsp3) is 0.562. The molecule has 2 rings (SSSR count). The molecule has 22 heavy (non-hydrogen) atoms. The molecule has 1 aromatic rings. The molecule has 2 N–H and O–H groups in total. The number of amides is 1. The molecule has 0 bridgehead atoms. The van der Waals surface area contributed by atoms with E-state index in [9.17, 15) is 4.79 Å². The average molecular weight is 305 g/mol. The fourth-order valence-corrected chi connectivity index (χ4v) is 2.57. The Morgan fingerprint density at radius 3 is 2.23 bits per heavy atom. The molecule has 1 aromatic carbocycles. The number of rotatable bonds is 3. The summed E-state index contributed by atoms with van der Waals surface area (Å²) in [4.78, 5) is 10.8. The van der Waals surface area contributed by atoms with Crippen molar-refractivity contribution in [3.8, 4) is 0 Å². The second-order valence-electron chi connectivity index (χ2n) is 6.88. The number of carbonyl (C=O) groups is 1. The molecule has 0 aromatic heterocycles. The first-order chi connectivity index (χ1) is 10.0. The van der Waals surface area contributed by atoms with Gasteiger partial charge in [-0.05, 0) is 58.1 Å². The first-order valence-electron chi connectivity index (χ1n) is 7.49. The predicted octanol–water partition coefficient (Wildman–Crippen LogP) is 2.62. The molecule has 1 aliphatic heterocycles. The van der Waals surface area contributed by atoms with E-state index in [2.05, 4.69) is 5.32 Å². The molecule has 120 valence electrons. The molecule has 6 heteroatoms. The molecule has 0 aliphatic carbocycles. The number of hydrogen-bond acceptors (Lipinski definition) is 3. The van der Waals surface area contributed by atoms with Crippen LogP contribution in [0, 0.1) is 6.92 Å². The Bertz CT molecular complexity index is 570. The lowest BCUT2D eigenvalue weighted by molar-refractivity contribution is 0.00578. The van der Waals surface area contributed by atoms with E-state index in [1.54, 1.807) is 0 Å². The van der Waals surface area contributed by atoms with Gasteiger partial charge < -0.3 is 19.7 Å². The van der Waals surface area contributed by atoms with E-state index < -0.39 is 13.2 Å². The maximum absolute atomic E-state index is 10.8. The molecule has 1 atom stereocenters. The molecule has 0 spiro atoms. The third kappa shape index (κ3) is 3.13. The normalized spacial score (nSPS) is 20.7. The number of aryl methyl sites for hydroxylation is 1. The minimum absolute atomic E-state index is 0.259. The molecule has 1 amide bonds. The smallest absolute Gasteiger partial charge is 0.465 e. The molecule has 0 saturated carbocycles. The second-order valence-corrected chi connectivity index (χ2v) is 6.88. The van der Waals surface area contributed by atoms with E-state index >= 15 is 0 Å². The topological polar surface area (TPSA) is 67.8 Å². The molecule has 1 heterocycles. The maximum atomic E-state index is 10.8. The molecule has 1 saturated heterocycles. The van der Waals surface area contributed by atoms with E-state index in [4.69, 9.17) is 14.4 Å². The summed E-state index contributed by atoms with van der Waals surface area (Å²) < 4.78 is 12.1. The van der Waals surface area contributed by atoms with Crippen LogP contribution in [-0.4, -0.2) is 29.5 Å². The maximum Gasteiger partial charge on any atom is 0.494 e. The highest BCUT2D eigenvalue weighted by Gasteiger charge is 2.51. The second kappa shape index (κ2) is 5.59. The van der Waals surface area contributed by atoms with Gasteiger partial charge in [-0.2, -0.15) is 0 Å². The Kier molecular flexibility index (Phi) is 4.28. The zero-order valence-corrected chi connectivity index (χ0v) is 14.1. The zero-order chi connectivity index (χ0) is 16.7. The van der Waals surface area contributed by atoms with Gasteiger partial charge in [0.1, 0.15) is 0 Å². The van der Waals surface area contributed by atoms with Crippen molar-refractivity contribution in [3.63, 3.8) is 0 Å². The molecule has 5 nitrogen and oxygen atoms in total. The van der Waals surface area contributed by atoms with Gasteiger partial charge in [0, 0.05) is 0 Å². The molecule has 1 fully saturated rings. The Labute approximate surface area is 132 Å². The summed E-state index contributed by atoms with van der Waals surface area (Å²) in [6.07, 6.45) is -1.03. The summed E-state index contributed by atoms with van der Waals surface area (Å²) in [5.74, 6) is 0. The van der Waals surface area contributed by atoms with Gasteiger partial charge in [0.15, 0.2) is 0 Å². The first kappa shape index (κ1) is 16.8. The summed E-state index contributed by atoms with van der Waals surface area (Å²) in [6, 6.07) is 5.60. The van der Waals surface area contributed by atoms with Crippen LogP contribution in [0.3, 0.4) is 0 Å². The predicted molar refractivity (Wildman–Crippen MR) is 86.5 cm³/mol. The van der Waals surface area contributed by atoms with Gasteiger partial charge in [-0.3, -0.25) is 0 Å². The van der Waals surface area contributed by atoms with Crippen LogP contribution in [0.2, 0.25) is 0 Å². The van der Waals surface area contributed by atoms with Crippen LogP contribution in [0.25, 0.3) is 0 Å². The highest BCUT2D eigenvalue weighted by atomic mass is 16.7. The van der Waals surface area contributed by atoms with Gasteiger partial charge in [0.2, 0.25) is 0 Å². The van der Waals surface area contributed by atoms with Gasteiger partial charge in [0.25, 0.3) is 0 Å². The SMILES string of the molecule is Cc1cc(B2OC(C)(C)C(C)(C)O2)ccc1C(C)NC(=O)O. The van der Waals surface area contributed by atoms with Gasteiger partial charge in [-0.1, -0.05) is 18.2 Å². The summed E-state index contributed by atoms with van der Waals surface area (Å²) in [5, 5.41) is 11.3. The van der Waals surface area contributed by atoms with E-state index in [1.807, 2.05) is 59.7 Å². The summed E-state index contributed by atoms with van der Waals surface area (Å²) in [7, 11) is -0.402. The van der Waals surface area contributed by atoms with Crippen molar-refractivity contribution in [1.29, 1.82) is 0 Å². The minimum Gasteiger partial charge on any atom is -0.465 e. The van der Waals surface area contributed by atoms with E-state index in [0.717, 1.165) is 16.6 Å². The average Bonchev–Trinajstić information content (AvgIpc) is 2.57. The summed E-state index contributed by atoms with van der Waals surface area (Å²) in [6.45, 7) is 11.9. The lowest BCUT2D eigenvalue weighted by atomic mass is 9.77. The van der Waals surface area contributed by atoms with Crippen LogP contribution in [0.5, 0.6) is 0 Å². The molecule has 1 aliphatic rings. The third-order valence-corrected chi connectivity index (χ3v) is 4.63. The Hall–Kier alpha value is -1.53.